The lowest BCUT2D eigenvalue weighted by Crippen LogP contribution is -2.23. The van der Waals surface area contributed by atoms with Gasteiger partial charge in [0.05, 0.1) is 0 Å². The first kappa shape index (κ1) is 12.3. The van der Waals surface area contributed by atoms with Gasteiger partial charge in [-0.15, -0.1) is 0 Å². The lowest BCUT2D eigenvalue weighted by atomic mass is 9.77. The fraction of sp³-hybridized carbons (Fsp3) is 0.538. The summed E-state index contributed by atoms with van der Waals surface area (Å²) in [6.45, 7) is 4.25. The molecular weight excluding hydrogens is 198 g/mol. The van der Waals surface area contributed by atoms with Crippen molar-refractivity contribution in [1.29, 1.82) is 10.5 Å². The Morgan fingerprint density at radius 1 is 1.31 bits per heavy atom. The van der Waals surface area contributed by atoms with Crippen LogP contribution in [0.15, 0.2) is 22.9 Å². The summed E-state index contributed by atoms with van der Waals surface area (Å²) in [6.07, 6.45) is 3.73. The van der Waals surface area contributed by atoms with Crippen molar-refractivity contribution in [2.75, 3.05) is 14.1 Å². The first-order valence-corrected chi connectivity index (χ1v) is 5.31. The van der Waals surface area contributed by atoms with Gasteiger partial charge in [-0.3, -0.25) is 0 Å². The average molecular weight is 215 g/mol. The summed E-state index contributed by atoms with van der Waals surface area (Å²) in [5.74, 6) is 0. The standard InChI is InChI=1S/C13H17N3/c1-13(2)6-10(11(8-14)9-15)5-12(7-13)16(3)4/h7H,5-6H2,1-4H3. The summed E-state index contributed by atoms with van der Waals surface area (Å²) in [5, 5.41) is 17.8. The normalized spacial score (nSPS) is 18.1. The molecule has 0 saturated heterocycles. The fourth-order valence-corrected chi connectivity index (χ4v) is 2.03. The van der Waals surface area contributed by atoms with Crippen LogP contribution in [0.3, 0.4) is 0 Å². The van der Waals surface area contributed by atoms with E-state index in [9.17, 15) is 0 Å². The van der Waals surface area contributed by atoms with Gasteiger partial charge < -0.3 is 4.90 Å². The Hall–Kier alpha value is -1.74. The number of rotatable bonds is 1. The van der Waals surface area contributed by atoms with Gasteiger partial charge in [0, 0.05) is 26.2 Å². The minimum Gasteiger partial charge on any atom is -0.381 e. The largest absolute Gasteiger partial charge is 0.381 e. The van der Waals surface area contributed by atoms with Crippen LogP contribution in [0.25, 0.3) is 0 Å². The van der Waals surface area contributed by atoms with Crippen LogP contribution >= 0.6 is 0 Å². The van der Waals surface area contributed by atoms with Crippen molar-refractivity contribution in [3.05, 3.63) is 22.9 Å². The minimum absolute atomic E-state index is 0.0200. The highest BCUT2D eigenvalue weighted by Gasteiger charge is 2.26. The van der Waals surface area contributed by atoms with Gasteiger partial charge >= 0.3 is 0 Å². The van der Waals surface area contributed by atoms with E-state index in [2.05, 4.69) is 19.9 Å². The Labute approximate surface area is 97.3 Å². The van der Waals surface area contributed by atoms with Crippen molar-refractivity contribution in [3.63, 3.8) is 0 Å². The molecule has 0 radical (unpaired) electrons. The van der Waals surface area contributed by atoms with E-state index >= 15 is 0 Å². The molecule has 0 aliphatic heterocycles. The molecule has 16 heavy (non-hydrogen) atoms. The molecule has 0 heterocycles. The van der Waals surface area contributed by atoms with Gasteiger partial charge in [0.1, 0.15) is 17.7 Å². The summed E-state index contributed by atoms with van der Waals surface area (Å²) >= 11 is 0. The zero-order valence-electron chi connectivity index (χ0n) is 10.3. The minimum atomic E-state index is 0.0200. The van der Waals surface area contributed by atoms with Crippen molar-refractivity contribution in [3.8, 4) is 12.1 Å². The number of allylic oxidation sites excluding steroid dienone is 3. The third-order valence-electron chi connectivity index (χ3n) is 2.77. The van der Waals surface area contributed by atoms with Crippen LogP contribution in [-0.4, -0.2) is 19.0 Å². The highest BCUT2D eigenvalue weighted by Crippen LogP contribution is 2.38. The van der Waals surface area contributed by atoms with Crippen molar-refractivity contribution < 1.29 is 0 Å². The molecule has 3 heteroatoms. The zero-order valence-corrected chi connectivity index (χ0v) is 10.3. The van der Waals surface area contributed by atoms with E-state index in [0.717, 1.165) is 12.0 Å². The second-order valence-corrected chi connectivity index (χ2v) is 5.07. The fourth-order valence-electron chi connectivity index (χ4n) is 2.03. The van der Waals surface area contributed by atoms with Crippen LogP contribution in [-0.2, 0) is 0 Å². The van der Waals surface area contributed by atoms with Crippen LogP contribution in [0, 0.1) is 28.1 Å². The van der Waals surface area contributed by atoms with Gasteiger partial charge in [0.25, 0.3) is 0 Å². The zero-order chi connectivity index (χ0) is 12.3. The third-order valence-corrected chi connectivity index (χ3v) is 2.77. The van der Waals surface area contributed by atoms with Crippen molar-refractivity contribution in [2.45, 2.75) is 26.7 Å². The summed E-state index contributed by atoms with van der Waals surface area (Å²) < 4.78 is 0. The van der Waals surface area contributed by atoms with E-state index in [4.69, 9.17) is 10.5 Å². The second-order valence-electron chi connectivity index (χ2n) is 5.07. The number of nitrogens with zero attached hydrogens (tertiary/aromatic N) is 3. The van der Waals surface area contributed by atoms with E-state index in [1.807, 2.05) is 31.1 Å². The Morgan fingerprint density at radius 2 is 1.88 bits per heavy atom. The van der Waals surface area contributed by atoms with E-state index in [1.165, 1.54) is 5.70 Å². The lowest BCUT2D eigenvalue weighted by Gasteiger charge is -2.32. The molecule has 0 atom stereocenters. The molecule has 0 N–H and O–H groups in total. The van der Waals surface area contributed by atoms with Crippen molar-refractivity contribution in [2.24, 2.45) is 5.41 Å². The van der Waals surface area contributed by atoms with Gasteiger partial charge in [-0.1, -0.05) is 19.9 Å². The predicted octanol–water partition coefficient (Wildman–Crippen LogP) is 2.60. The second kappa shape index (κ2) is 4.41. The molecular formula is C13H17N3. The molecule has 1 aliphatic carbocycles. The van der Waals surface area contributed by atoms with Crippen molar-refractivity contribution in [1.82, 2.24) is 4.90 Å². The molecule has 0 bridgehead atoms. The molecule has 1 aliphatic rings. The number of nitriles is 2. The van der Waals surface area contributed by atoms with Crippen LogP contribution in [0.1, 0.15) is 26.7 Å². The van der Waals surface area contributed by atoms with E-state index < -0.39 is 0 Å². The Morgan fingerprint density at radius 3 is 2.31 bits per heavy atom. The molecule has 0 aromatic heterocycles. The lowest BCUT2D eigenvalue weighted by molar-refractivity contribution is 0.400. The van der Waals surface area contributed by atoms with Gasteiger partial charge in [-0.05, 0) is 17.4 Å². The molecule has 0 spiro atoms. The predicted molar refractivity (Wildman–Crippen MR) is 63.0 cm³/mol. The summed E-state index contributed by atoms with van der Waals surface area (Å²) in [5.41, 5.74) is 2.43. The van der Waals surface area contributed by atoms with E-state index in [1.54, 1.807) is 0 Å². The molecule has 0 aromatic rings. The number of hydrogen-bond donors (Lipinski definition) is 0. The van der Waals surface area contributed by atoms with Crippen LogP contribution in [0.5, 0.6) is 0 Å². The maximum Gasteiger partial charge on any atom is 0.129 e. The third kappa shape index (κ3) is 2.64. The van der Waals surface area contributed by atoms with Crippen LogP contribution in [0.4, 0.5) is 0 Å². The Bertz CT molecular complexity index is 409. The van der Waals surface area contributed by atoms with E-state index in [0.29, 0.717) is 6.42 Å². The molecule has 0 aromatic carbocycles. The Balaban J connectivity index is 3.18. The summed E-state index contributed by atoms with van der Waals surface area (Å²) in [4.78, 5) is 2.05. The molecule has 0 amide bonds. The summed E-state index contributed by atoms with van der Waals surface area (Å²) in [6, 6.07) is 3.98. The van der Waals surface area contributed by atoms with Gasteiger partial charge in [-0.2, -0.15) is 10.5 Å². The topological polar surface area (TPSA) is 50.8 Å². The maximum absolute atomic E-state index is 8.91. The molecule has 84 valence electrons. The smallest absolute Gasteiger partial charge is 0.129 e. The van der Waals surface area contributed by atoms with Gasteiger partial charge in [-0.25, -0.2) is 0 Å². The maximum atomic E-state index is 8.91. The quantitative estimate of drug-likeness (QED) is 0.632. The highest BCUT2D eigenvalue weighted by atomic mass is 15.1. The first-order valence-electron chi connectivity index (χ1n) is 5.31. The highest BCUT2D eigenvalue weighted by molar-refractivity contribution is 5.43. The molecule has 3 nitrogen and oxygen atoms in total. The Kier molecular flexibility index (Phi) is 3.40. The molecule has 1 rings (SSSR count). The molecule has 0 saturated carbocycles. The molecule has 0 unspecified atom stereocenters. The first-order chi connectivity index (χ1) is 7.39. The average Bonchev–Trinajstić information content (AvgIpc) is 2.17. The number of hydrogen-bond acceptors (Lipinski definition) is 3. The van der Waals surface area contributed by atoms with Crippen LogP contribution < -0.4 is 0 Å². The van der Waals surface area contributed by atoms with Crippen molar-refractivity contribution >= 4 is 0 Å². The SMILES string of the molecule is CN(C)C1=CC(C)(C)CC(=C(C#N)C#N)C1. The monoisotopic (exact) mass is 215 g/mol. The summed E-state index contributed by atoms with van der Waals surface area (Å²) in [7, 11) is 3.98. The van der Waals surface area contributed by atoms with Crippen LogP contribution in [0.2, 0.25) is 0 Å². The van der Waals surface area contributed by atoms with Gasteiger partial charge in [0.15, 0.2) is 0 Å². The molecule has 0 fully saturated rings. The van der Waals surface area contributed by atoms with E-state index in [-0.39, 0.29) is 11.0 Å². The van der Waals surface area contributed by atoms with Gasteiger partial charge in [0.2, 0.25) is 0 Å².